The molecule has 1 amide bonds. The third-order valence-electron chi connectivity index (χ3n) is 7.47. The van der Waals surface area contributed by atoms with Gasteiger partial charge in [-0.15, -0.1) is 0 Å². The predicted molar refractivity (Wildman–Crippen MR) is 102 cm³/mol. The summed E-state index contributed by atoms with van der Waals surface area (Å²) in [5.74, 6) is 2.26. The highest BCUT2D eigenvalue weighted by Gasteiger charge is 2.56. The highest BCUT2D eigenvalue weighted by molar-refractivity contribution is 7.84. The van der Waals surface area contributed by atoms with E-state index < -0.39 is 10.3 Å². The molecule has 5 atom stereocenters. The number of hydrogen-bond acceptors (Lipinski definition) is 4. The van der Waals surface area contributed by atoms with Gasteiger partial charge >= 0.3 is 10.3 Å². The summed E-state index contributed by atoms with van der Waals surface area (Å²) in [5, 5.41) is 7.85. The van der Waals surface area contributed by atoms with Gasteiger partial charge in [-0.1, -0.05) is 13.0 Å². The highest BCUT2D eigenvalue weighted by Crippen LogP contribution is 2.63. The van der Waals surface area contributed by atoms with Crippen molar-refractivity contribution in [3.05, 3.63) is 29.3 Å². The zero-order valence-corrected chi connectivity index (χ0v) is 16.7. The maximum atomic E-state index is 12.4. The Kier molecular flexibility index (Phi) is 4.50. The number of hydrogen-bond donors (Lipinski definition) is 2. The van der Waals surface area contributed by atoms with Gasteiger partial charge in [0.15, 0.2) is 0 Å². The van der Waals surface area contributed by atoms with Gasteiger partial charge in [0.2, 0.25) is 5.91 Å². The Labute approximate surface area is 161 Å². The lowest BCUT2D eigenvalue weighted by molar-refractivity contribution is -0.129. The quantitative estimate of drug-likeness (QED) is 0.825. The SMILES string of the molecule is CNC(=O)[C@H]1CC[C@H]2[C@@H]3CCc4cc(OS(N)(=O)=O)ccc4[C@H]3CC[C@]12C. The fraction of sp³-hybridized carbons (Fsp3) is 0.650. The molecule has 0 bridgehead atoms. The zero-order valence-electron chi connectivity index (χ0n) is 15.9. The summed E-state index contributed by atoms with van der Waals surface area (Å²) in [5.41, 5.74) is 2.58. The Morgan fingerprint density at radius 3 is 2.74 bits per heavy atom. The molecule has 2 fully saturated rings. The molecule has 1 aromatic carbocycles. The lowest BCUT2D eigenvalue weighted by Crippen LogP contribution is -2.45. The Bertz CT molecular complexity index is 869. The standard InChI is InChI=1S/C20H28N2O4S/c1-20-10-9-15-14-6-4-13(26-27(21,24)25)11-12(14)3-5-16(15)17(20)7-8-18(20)19(23)22-2/h4,6,11,15-18H,3,5,7-10H2,1-2H3,(H,22,23)(H2,21,24,25)/t15-,16-,17+,18-,20+/m1/s1. The summed E-state index contributed by atoms with van der Waals surface area (Å²) in [7, 11) is -2.26. The van der Waals surface area contributed by atoms with Gasteiger partial charge in [-0.25, -0.2) is 0 Å². The van der Waals surface area contributed by atoms with Crippen LogP contribution in [0.3, 0.4) is 0 Å². The minimum atomic E-state index is -4.00. The van der Waals surface area contributed by atoms with Gasteiger partial charge < -0.3 is 9.50 Å². The first-order valence-corrected chi connectivity index (χ1v) is 11.3. The number of benzene rings is 1. The molecule has 4 rings (SSSR count). The molecule has 0 unspecified atom stereocenters. The third-order valence-corrected chi connectivity index (χ3v) is 7.90. The maximum Gasteiger partial charge on any atom is 0.380 e. The Morgan fingerprint density at radius 1 is 1.26 bits per heavy atom. The summed E-state index contributed by atoms with van der Waals surface area (Å²) >= 11 is 0. The first-order valence-electron chi connectivity index (χ1n) is 9.79. The van der Waals surface area contributed by atoms with Crippen LogP contribution in [0.5, 0.6) is 5.75 Å². The molecule has 3 aliphatic carbocycles. The van der Waals surface area contributed by atoms with Gasteiger partial charge in [-0.05, 0) is 85.0 Å². The van der Waals surface area contributed by atoms with E-state index in [2.05, 4.69) is 12.2 Å². The van der Waals surface area contributed by atoms with Crippen LogP contribution in [0, 0.1) is 23.2 Å². The van der Waals surface area contributed by atoms with E-state index in [-0.39, 0.29) is 23.0 Å². The summed E-state index contributed by atoms with van der Waals surface area (Å²) in [6, 6.07) is 5.55. The fourth-order valence-corrected chi connectivity index (χ4v) is 6.72. The van der Waals surface area contributed by atoms with E-state index in [0.29, 0.717) is 17.8 Å². The van der Waals surface area contributed by atoms with E-state index in [0.717, 1.165) is 38.5 Å². The molecule has 1 aromatic rings. The van der Waals surface area contributed by atoms with Crippen molar-refractivity contribution in [2.24, 2.45) is 28.3 Å². The average molecular weight is 393 g/mol. The molecule has 2 saturated carbocycles. The summed E-state index contributed by atoms with van der Waals surface area (Å²) in [6.07, 6.45) is 6.24. The molecule has 7 heteroatoms. The average Bonchev–Trinajstić information content (AvgIpc) is 2.96. The fourth-order valence-electron chi connectivity index (χ4n) is 6.35. The lowest BCUT2D eigenvalue weighted by atomic mass is 9.54. The molecule has 3 N–H and O–H groups in total. The Hall–Kier alpha value is -1.60. The van der Waals surface area contributed by atoms with Crippen LogP contribution < -0.4 is 14.6 Å². The monoisotopic (exact) mass is 392 g/mol. The summed E-state index contributed by atoms with van der Waals surface area (Å²) in [6.45, 7) is 2.32. The van der Waals surface area contributed by atoms with Gasteiger partial charge in [0, 0.05) is 13.0 Å². The van der Waals surface area contributed by atoms with Gasteiger partial charge in [0.1, 0.15) is 5.75 Å². The molecule has 0 heterocycles. The number of nitrogens with two attached hydrogens (primary N) is 1. The molecule has 0 radical (unpaired) electrons. The van der Waals surface area contributed by atoms with E-state index in [1.807, 2.05) is 12.1 Å². The minimum Gasteiger partial charge on any atom is -0.371 e. The van der Waals surface area contributed by atoms with E-state index >= 15 is 0 Å². The van der Waals surface area contributed by atoms with Crippen LogP contribution in [0.15, 0.2) is 18.2 Å². The van der Waals surface area contributed by atoms with Crippen LogP contribution >= 0.6 is 0 Å². The second-order valence-corrected chi connectivity index (χ2v) is 9.79. The van der Waals surface area contributed by atoms with Crippen LogP contribution in [0.4, 0.5) is 0 Å². The molecule has 0 aromatic heterocycles. The Morgan fingerprint density at radius 2 is 2.04 bits per heavy atom. The summed E-state index contributed by atoms with van der Waals surface area (Å²) in [4.78, 5) is 12.4. The number of fused-ring (bicyclic) bond motifs is 5. The van der Waals surface area contributed by atoms with E-state index in [9.17, 15) is 13.2 Å². The first kappa shape index (κ1) is 18.7. The molecule has 0 saturated heterocycles. The van der Waals surface area contributed by atoms with Crippen molar-refractivity contribution in [1.29, 1.82) is 0 Å². The Balaban J connectivity index is 1.61. The largest absolute Gasteiger partial charge is 0.380 e. The highest BCUT2D eigenvalue weighted by atomic mass is 32.2. The van der Waals surface area contributed by atoms with Crippen molar-refractivity contribution in [2.45, 2.75) is 51.4 Å². The van der Waals surface area contributed by atoms with Crippen LogP contribution in [0.2, 0.25) is 0 Å². The van der Waals surface area contributed by atoms with Crippen molar-refractivity contribution in [1.82, 2.24) is 5.32 Å². The van der Waals surface area contributed by atoms with Gasteiger partial charge in [0.25, 0.3) is 0 Å². The topological polar surface area (TPSA) is 98.5 Å². The number of nitrogens with one attached hydrogen (secondary N) is 1. The van der Waals surface area contributed by atoms with Crippen LogP contribution in [0.1, 0.15) is 56.1 Å². The molecular weight excluding hydrogens is 364 g/mol. The van der Waals surface area contributed by atoms with Crippen molar-refractivity contribution in [3.63, 3.8) is 0 Å². The molecular formula is C20H28N2O4S. The smallest absolute Gasteiger partial charge is 0.371 e. The summed E-state index contributed by atoms with van der Waals surface area (Å²) < 4.78 is 27.2. The molecule has 3 aliphatic rings. The van der Waals surface area contributed by atoms with Crippen LogP contribution in [-0.4, -0.2) is 21.4 Å². The first-order chi connectivity index (χ1) is 12.7. The van der Waals surface area contributed by atoms with E-state index in [4.69, 9.17) is 9.32 Å². The zero-order chi connectivity index (χ0) is 19.4. The number of amides is 1. The molecule has 6 nitrogen and oxygen atoms in total. The number of aryl methyl sites for hydroxylation is 1. The maximum absolute atomic E-state index is 12.4. The molecule has 0 aliphatic heterocycles. The van der Waals surface area contributed by atoms with Gasteiger partial charge in [-0.3, -0.25) is 4.79 Å². The minimum absolute atomic E-state index is 0.0927. The van der Waals surface area contributed by atoms with E-state index in [1.165, 1.54) is 11.1 Å². The normalized spacial score (nSPS) is 34.9. The van der Waals surface area contributed by atoms with Crippen LogP contribution in [0.25, 0.3) is 0 Å². The van der Waals surface area contributed by atoms with Crippen LogP contribution in [-0.2, 0) is 21.5 Å². The number of rotatable bonds is 3. The molecule has 27 heavy (non-hydrogen) atoms. The van der Waals surface area contributed by atoms with Crippen molar-refractivity contribution in [2.75, 3.05) is 7.05 Å². The molecule has 0 spiro atoms. The van der Waals surface area contributed by atoms with Crippen molar-refractivity contribution >= 4 is 16.2 Å². The molecule has 148 valence electrons. The lowest BCUT2D eigenvalue weighted by Gasteiger charge is -2.50. The number of carbonyl (C=O) groups is 1. The second-order valence-electron chi connectivity index (χ2n) is 8.64. The predicted octanol–water partition coefficient (Wildman–Crippen LogP) is 2.49. The number of carbonyl (C=O) groups excluding carboxylic acids is 1. The van der Waals surface area contributed by atoms with Crippen molar-refractivity contribution < 1.29 is 17.4 Å². The van der Waals surface area contributed by atoms with Gasteiger partial charge in [0.05, 0.1) is 0 Å². The van der Waals surface area contributed by atoms with Crippen molar-refractivity contribution in [3.8, 4) is 5.75 Å². The van der Waals surface area contributed by atoms with Gasteiger partial charge in [-0.2, -0.15) is 13.6 Å². The third kappa shape index (κ3) is 3.14. The van der Waals surface area contributed by atoms with E-state index in [1.54, 1.807) is 13.1 Å². The second kappa shape index (κ2) is 6.48.